The van der Waals surface area contributed by atoms with Crippen LogP contribution in [-0.2, 0) is 6.54 Å². The van der Waals surface area contributed by atoms with Crippen LogP contribution >= 0.6 is 0 Å². The van der Waals surface area contributed by atoms with Crippen LogP contribution in [0.5, 0.6) is 0 Å². The number of imidazole rings is 1. The number of aliphatic hydroxyl groups is 2. The molecule has 0 aliphatic heterocycles. The molecule has 0 aliphatic rings. The van der Waals surface area contributed by atoms with E-state index in [4.69, 9.17) is 5.11 Å². The van der Waals surface area contributed by atoms with Crippen molar-refractivity contribution >= 4 is 0 Å². The molecule has 68 valence electrons. The molecule has 1 aromatic rings. The Hall–Kier alpha value is -1.07. The number of H-pyrrole nitrogens is 1. The van der Waals surface area contributed by atoms with Gasteiger partial charge in [-0.3, -0.25) is 4.57 Å². The van der Waals surface area contributed by atoms with Crippen molar-refractivity contribution < 1.29 is 10.2 Å². The van der Waals surface area contributed by atoms with E-state index in [9.17, 15) is 9.90 Å². The maximum Gasteiger partial charge on any atom is 0.325 e. The molecule has 1 heterocycles. The SMILES string of the molecule is CC(O)(CO)Cn1cc[nH]c1=O. The molecule has 0 fully saturated rings. The van der Waals surface area contributed by atoms with Gasteiger partial charge >= 0.3 is 5.69 Å². The summed E-state index contributed by atoms with van der Waals surface area (Å²) in [4.78, 5) is 13.4. The van der Waals surface area contributed by atoms with Crippen LogP contribution in [0, 0.1) is 0 Å². The summed E-state index contributed by atoms with van der Waals surface area (Å²) in [5.41, 5.74) is -1.53. The summed E-state index contributed by atoms with van der Waals surface area (Å²) in [6.45, 7) is 1.18. The highest BCUT2D eigenvalue weighted by Crippen LogP contribution is 2.03. The van der Waals surface area contributed by atoms with Crippen molar-refractivity contribution in [3.05, 3.63) is 22.9 Å². The number of rotatable bonds is 3. The zero-order valence-corrected chi connectivity index (χ0v) is 6.82. The molecular formula is C7H12N2O3. The number of hydrogen-bond acceptors (Lipinski definition) is 3. The van der Waals surface area contributed by atoms with E-state index in [0.717, 1.165) is 0 Å². The lowest BCUT2D eigenvalue weighted by Crippen LogP contribution is -2.37. The third-order valence-electron chi connectivity index (χ3n) is 1.57. The highest BCUT2D eigenvalue weighted by molar-refractivity contribution is 4.81. The first-order valence-corrected chi connectivity index (χ1v) is 3.62. The van der Waals surface area contributed by atoms with Crippen LogP contribution in [0.1, 0.15) is 6.92 Å². The van der Waals surface area contributed by atoms with Crippen LogP contribution < -0.4 is 5.69 Å². The van der Waals surface area contributed by atoms with Crippen molar-refractivity contribution in [1.29, 1.82) is 0 Å². The number of aromatic amines is 1. The molecule has 1 aromatic heterocycles. The lowest BCUT2D eigenvalue weighted by molar-refractivity contribution is -0.0126. The third-order valence-corrected chi connectivity index (χ3v) is 1.57. The summed E-state index contributed by atoms with van der Waals surface area (Å²) in [6, 6.07) is 0. The molecule has 0 radical (unpaired) electrons. The minimum atomic E-state index is -1.24. The zero-order valence-electron chi connectivity index (χ0n) is 6.82. The van der Waals surface area contributed by atoms with E-state index in [-0.39, 0.29) is 18.8 Å². The monoisotopic (exact) mass is 172 g/mol. The van der Waals surface area contributed by atoms with Gasteiger partial charge in [0, 0.05) is 12.4 Å². The fraction of sp³-hybridized carbons (Fsp3) is 0.571. The van der Waals surface area contributed by atoms with Gasteiger partial charge in [-0.05, 0) is 6.92 Å². The summed E-state index contributed by atoms with van der Waals surface area (Å²) >= 11 is 0. The van der Waals surface area contributed by atoms with Crippen molar-refractivity contribution in [1.82, 2.24) is 9.55 Å². The van der Waals surface area contributed by atoms with Gasteiger partial charge in [0.2, 0.25) is 0 Å². The average Bonchev–Trinajstić information content (AvgIpc) is 2.36. The largest absolute Gasteiger partial charge is 0.393 e. The Labute approximate surface area is 69.3 Å². The number of hydrogen-bond donors (Lipinski definition) is 3. The summed E-state index contributed by atoms with van der Waals surface area (Å²) in [6.07, 6.45) is 3.00. The van der Waals surface area contributed by atoms with Crippen LogP contribution in [0.15, 0.2) is 17.2 Å². The number of nitrogens with one attached hydrogen (secondary N) is 1. The lowest BCUT2D eigenvalue weighted by Gasteiger charge is -2.19. The molecule has 0 saturated heterocycles. The molecule has 1 rings (SSSR count). The average molecular weight is 172 g/mol. The summed E-state index contributed by atoms with van der Waals surface area (Å²) < 4.78 is 1.30. The van der Waals surface area contributed by atoms with Crippen LogP contribution in [0.4, 0.5) is 0 Å². The molecule has 0 amide bonds. The minimum Gasteiger partial charge on any atom is -0.393 e. The fourth-order valence-corrected chi connectivity index (χ4v) is 0.891. The van der Waals surface area contributed by atoms with E-state index in [1.165, 1.54) is 23.9 Å². The van der Waals surface area contributed by atoms with Crippen molar-refractivity contribution in [2.75, 3.05) is 6.61 Å². The molecule has 5 nitrogen and oxygen atoms in total. The van der Waals surface area contributed by atoms with Gasteiger partial charge in [0.05, 0.1) is 13.2 Å². The van der Waals surface area contributed by atoms with Crippen LogP contribution in [0.2, 0.25) is 0 Å². The second kappa shape index (κ2) is 3.12. The number of aliphatic hydroxyl groups excluding tert-OH is 1. The molecule has 0 aliphatic carbocycles. The number of nitrogens with zero attached hydrogens (tertiary/aromatic N) is 1. The van der Waals surface area contributed by atoms with E-state index < -0.39 is 5.60 Å². The smallest absolute Gasteiger partial charge is 0.325 e. The zero-order chi connectivity index (χ0) is 9.19. The van der Waals surface area contributed by atoms with Crippen molar-refractivity contribution in [2.24, 2.45) is 0 Å². The van der Waals surface area contributed by atoms with Crippen molar-refractivity contribution in [2.45, 2.75) is 19.1 Å². The highest BCUT2D eigenvalue weighted by Gasteiger charge is 2.19. The van der Waals surface area contributed by atoms with E-state index >= 15 is 0 Å². The first-order valence-electron chi connectivity index (χ1n) is 3.62. The molecule has 1 unspecified atom stereocenters. The second-order valence-corrected chi connectivity index (χ2v) is 3.05. The molecule has 3 N–H and O–H groups in total. The van der Waals surface area contributed by atoms with Crippen LogP contribution in [0.3, 0.4) is 0 Å². The van der Waals surface area contributed by atoms with E-state index in [0.29, 0.717) is 0 Å². The molecule has 0 bridgehead atoms. The molecule has 12 heavy (non-hydrogen) atoms. The Bertz CT molecular complexity index is 300. The topological polar surface area (TPSA) is 78.2 Å². The molecule has 5 heteroatoms. The van der Waals surface area contributed by atoms with Gasteiger partial charge in [0.25, 0.3) is 0 Å². The molecule has 0 saturated carbocycles. The van der Waals surface area contributed by atoms with Crippen molar-refractivity contribution in [3.63, 3.8) is 0 Å². The fourth-order valence-electron chi connectivity index (χ4n) is 0.891. The Balaban J connectivity index is 2.77. The van der Waals surface area contributed by atoms with Gasteiger partial charge in [-0.25, -0.2) is 4.79 Å². The van der Waals surface area contributed by atoms with Gasteiger partial charge in [0.15, 0.2) is 0 Å². The first kappa shape index (κ1) is 9.02. The summed E-state index contributed by atoms with van der Waals surface area (Å²) in [5.74, 6) is 0. The van der Waals surface area contributed by atoms with E-state index in [1.807, 2.05) is 0 Å². The normalized spacial score (nSPS) is 15.9. The quantitative estimate of drug-likeness (QED) is 0.542. The van der Waals surface area contributed by atoms with Crippen LogP contribution in [0.25, 0.3) is 0 Å². The Morgan fingerprint density at radius 1 is 1.75 bits per heavy atom. The standard InChI is InChI=1S/C7H12N2O3/c1-7(12,5-10)4-9-3-2-8-6(9)11/h2-3,10,12H,4-5H2,1H3,(H,8,11). The van der Waals surface area contributed by atoms with Crippen molar-refractivity contribution in [3.8, 4) is 0 Å². The van der Waals surface area contributed by atoms with Gasteiger partial charge in [-0.2, -0.15) is 0 Å². The molecule has 0 aromatic carbocycles. The van der Waals surface area contributed by atoms with Gasteiger partial charge < -0.3 is 15.2 Å². The van der Waals surface area contributed by atoms with E-state index in [2.05, 4.69) is 4.98 Å². The third kappa shape index (κ3) is 1.96. The maximum absolute atomic E-state index is 10.9. The van der Waals surface area contributed by atoms with Crippen LogP contribution in [-0.4, -0.2) is 32.0 Å². The predicted molar refractivity (Wildman–Crippen MR) is 42.8 cm³/mol. The van der Waals surface area contributed by atoms with Gasteiger partial charge in [-0.1, -0.05) is 0 Å². The minimum absolute atomic E-state index is 0.0891. The lowest BCUT2D eigenvalue weighted by atomic mass is 10.1. The Kier molecular flexibility index (Phi) is 2.35. The van der Waals surface area contributed by atoms with Gasteiger partial charge in [-0.15, -0.1) is 0 Å². The van der Waals surface area contributed by atoms with Gasteiger partial charge in [0.1, 0.15) is 5.60 Å². The Morgan fingerprint density at radius 2 is 2.42 bits per heavy atom. The summed E-state index contributed by atoms with van der Waals surface area (Å²) in [7, 11) is 0. The first-order chi connectivity index (χ1) is 5.55. The highest BCUT2D eigenvalue weighted by atomic mass is 16.3. The molecule has 0 spiro atoms. The maximum atomic E-state index is 10.9. The Morgan fingerprint density at radius 3 is 2.83 bits per heavy atom. The molecule has 1 atom stereocenters. The molecular weight excluding hydrogens is 160 g/mol. The van der Waals surface area contributed by atoms with E-state index in [1.54, 1.807) is 0 Å². The number of aromatic nitrogens is 2. The second-order valence-electron chi connectivity index (χ2n) is 3.05. The predicted octanol–water partition coefficient (Wildman–Crippen LogP) is -1.08. The summed E-state index contributed by atoms with van der Waals surface area (Å²) in [5, 5.41) is 18.1.